The van der Waals surface area contributed by atoms with Gasteiger partial charge in [-0.15, -0.1) is 0 Å². The van der Waals surface area contributed by atoms with E-state index in [4.69, 9.17) is 0 Å². The van der Waals surface area contributed by atoms with Crippen LogP contribution in [0.1, 0.15) is 31.7 Å². The quantitative estimate of drug-likeness (QED) is 0.836. The highest BCUT2D eigenvalue weighted by molar-refractivity contribution is 7.91. The zero-order chi connectivity index (χ0) is 16.0. The molecule has 1 aromatic carbocycles. The number of hydrogen-bond acceptors (Lipinski definition) is 3. The highest BCUT2D eigenvalue weighted by atomic mass is 32.2. The van der Waals surface area contributed by atoms with Crippen LogP contribution in [0.4, 0.5) is 0 Å². The van der Waals surface area contributed by atoms with Gasteiger partial charge >= 0.3 is 0 Å². The highest BCUT2D eigenvalue weighted by Gasteiger charge is 2.27. The van der Waals surface area contributed by atoms with Crippen LogP contribution in [-0.2, 0) is 21.1 Å². The van der Waals surface area contributed by atoms with Crippen LogP contribution in [0, 0.1) is 11.8 Å². The van der Waals surface area contributed by atoms with E-state index in [0.29, 0.717) is 31.7 Å². The third-order valence-corrected chi connectivity index (χ3v) is 6.02. The van der Waals surface area contributed by atoms with Crippen LogP contribution in [0.2, 0.25) is 0 Å². The topological polar surface area (TPSA) is 63.2 Å². The molecule has 4 nitrogen and oxygen atoms in total. The normalized spacial score (nSPS) is 21.4. The molecule has 1 aromatic rings. The maximum Gasteiger partial charge on any atom is 0.220 e. The fourth-order valence-corrected chi connectivity index (χ4v) is 4.81. The van der Waals surface area contributed by atoms with E-state index in [1.54, 1.807) is 0 Å². The number of carbonyl (C=O) groups is 1. The van der Waals surface area contributed by atoms with Gasteiger partial charge in [-0.1, -0.05) is 37.3 Å². The summed E-state index contributed by atoms with van der Waals surface area (Å²) in [4.78, 5) is 11.9. The van der Waals surface area contributed by atoms with Gasteiger partial charge < -0.3 is 5.32 Å². The van der Waals surface area contributed by atoms with E-state index in [1.165, 1.54) is 5.56 Å². The average Bonchev–Trinajstić information content (AvgIpc) is 2.83. The smallest absolute Gasteiger partial charge is 0.220 e. The molecule has 22 heavy (non-hydrogen) atoms. The van der Waals surface area contributed by atoms with Crippen molar-refractivity contribution in [1.82, 2.24) is 5.32 Å². The molecule has 1 aliphatic heterocycles. The Morgan fingerprint density at radius 2 is 2.05 bits per heavy atom. The molecule has 0 spiro atoms. The predicted octanol–water partition coefficient (Wildman–Crippen LogP) is 2.20. The summed E-state index contributed by atoms with van der Waals surface area (Å²) in [6.07, 6.45) is 2.76. The molecule has 1 heterocycles. The molecule has 1 aliphatic rings. The van der Waals surface area contributed by atoms with Crippen molar-refractivity contribution in [2.24, 2.45) is 11.8 Å². The summed E-state index contributed by atoms with van der Waals surface area (Å²) in [7, 11) is -2.84. The third-order valence-electron chi connectivity index (χ3n) is 4.18. The molecule has 2 rings (SSSR count). The van der Waals surface area contributed by atoms with Crippen LogP contribution in [0.25, 0.3) is 0 Å². The standard InChI is InChI=1S/C17H25NO3S/c1-14(11-15-5-3-2-4-6-15)12-18-17(19)8-7-16-9-10-22(20,21)13-16/h2-6,14,16H,7-13H2,1H3,(H,18,19). The molecular formula is C17H25NO3S. The molecule has 1 amide bonds. The molecule has 1 saturated heterocycles. The summed E-state index contributed by atoms with van der Waals surface area (Å²) in [6, 6.07) is 10.2. The number of nitrogens with one attached hydrogen (secondary N) is 1. The first-order valence-electron chi connectivity index (χ1n) is 7.95. The molecule has 5 heteroatoms. The highest BCUT2D eigenvalue weighted by Crippen LogP contribution is 2.22. The maximum atomic E-state index is 11.9. The lowest BCUT2D eigenvalue weighted by Crippen LogP contribution is -2.29. The van der Waals surface area contributed by atoms with E-state index >= 15 is 0 Å². The van der Waals surface area contributed by atoms with Gasteiger partial charge in [0.15, 0.2) is 9.84 Å². The van der Waals surface area contributed by atoms with Crippen LogP contribution in [0.3, 0.4) is 0 Å². The predicted molar refractivity (Wildman–Crippen MR) is 88.3 cm³/mol. The average molecular weight is 323 g/mol. The number of rotatable bonds is 7. The van der Waals surface area contributed by atoms with Crippen LogP contribution in [0.15, 0.2) is 30.3 Å². The van der Waals surface area contributed by atoms with Crippen molar-refractivity contribution in [2.45, 2.75) is 32.6 Å². The Balaban J connectivity index is 1.63. The van der Waals surface area contributed by atoms with E-state index in [9.17, 15) is 13.2 Å². The molecule has 1 N–H and O–H groups in total. The number of benzene rings is 1. The Labute approximate surface area is 133 Å². The Morgan fingerprint density at radius 3 is 2.68 bits per heavy atom. The summed E-state index contributed by atoms with van der Waals surface area (Å²) < 4.78 is 22.7. The lowest BCUT2D eigenvalue weighted by Gasteiger charge is -2.13. The summed E-state index contributed by atoms with van der Waals surface area (Å²) in [5.74, 6) is 1.12. The minimum atomic E-state index is -2.84. The second-order valence-corrected chi connectivity index (χ2v) is 8.64. The van der Waals surface area contributed by atoms with Crippen molar-refractivity contribution < 1.29 is 13.2 Å². The van der Waals surface area contributed by atoms with Crippen molar-refractivity contribution in [3.8, 4) is 0 Å². The van der Waals surface area contributed by atoms with Crippen molar-refractivity contribution in [2.75, 3.05) is 18.1 Å². The van der Waals surface area contributed by atoms with Crippen molar-refractivity contribution in [3.63, 3.8) is 0 Å². The van der Waals surface area contributed by atoms with Gasteiger partial charge in [0, 0.05) is 13.0 Å². The molecular weight excluding hydrogens is 298 g/mol. The Morgan fingerprint density at radius 1 is 1.32 bits per heavy atom. The number of carbonyl (C=O) groups excluding carboxylic acids is 1. The SMILES string of the molecule is CC(CNC(=O)CCC1CCS(=O)(=O)C1)Cc1ccccc1. The molecule has 0 bridgehead atoms. The Hall–Kier alpha value is -1.36. The summed E-state index contributed by atoms with van der Waals surface area (Å²) >= 11 is 0. The summed E-state index contributed by atoms with van der Waals surface area (Å²) in [5, 5.41) is 2.96. The molecule has 122 valence electrons. The minimum absolute atomic E-state index is 0.0317. The largest absolute Gasteiger partial charge is 0.356 e. The molecule has 0 aliphatic carbocycles. The first kappa shape index (κ1) is 17.0. The van der Waals surface area contributed by atoms with E-state index in [-0.39, 0.29) is 23.3 Å². The van der Waals surface area contributed by atoms with Crippen molar-refractivity contribution in [3.05, 3.63) is 35.9 Å². The molecule has 2 unspecified atom stereocenters. The van der Waals surface area contributed by atoms with Gasteiger partial charge in [0.25, 0.3) is 0 Å². The molecule has 2 atom stereocenters. The monoisotopic (exact) mass is 323 g/mol. The minimum Gasteiger partial charge on any atom is -0.356 e. The van der Waals surface area contributed by atoms with Gasteiger partial charge in [0.2, 0.25) is 5.91 Å². The van der Waals surface area contributed by atoms with Gasteiger partial charge in [-0.25, -0.2) is 8.42 Å². The lowest BCUT2D eigenvalue weighted by atomic mass is 10.0. The number of amides is 1. The van der Waals surface area contributed by atoms with Crippen LogP contribution >= 0.6 is 0 Å². The van der Waals surface area contributed by atoms with Gasteiger partial charge in [0.05, 0.1) is 11.5 Å². The van der Waals surface area contributed by atoms with E-state index in [0.717, 1.165) is 6.42 Å². The van der Waals surface area contributed by atoms with Crippen molar-refractivity contribution in [1.29, 1.82) is 0 Å². The van der Waals surface area contributed by atoms with E-state index in [2.05, 4.69) is 24.4 Å². The maximum absolute atomic E-state index is 11.9. The number of hydrogen-bond donors (Lipinski definition) is 1. The summed E-state index contributed by atoms with van der Waals surface area (Å²) in [5.41, 5.74) is 1.28. The zero-order valence-electron chi connectivity index (χ0n) is 13.1. The number of sulfone groups is 1. The molecule has 0 saturated carbocycles. The lowest BCUT2D eigenvalue weighted by molar-refractivity contribution is -0.121. The third kappa shape index (κ3) is 5.79. The second kappa shape index (κ2) is 7.77. The first-order chi connectivity index (χ1) is 10.4. The second-order valence-electron chi connectivity index (χ2n) is 6.41. The van der Waals surface area contributed by atoms with Gasteiger partial charge in [-0.2, -0.15) is 0 Å². The fraction of sp³-hybridized carbons (Fsp3) is 0.588. The first-order valence-corrected chi connectivity index (χ1v) is 9.78. The van der Waals surface area contributed by atoms with Gasteiger partial charge in [-0.3, -0.25) is 4.79 Å². The Kier molecular flexibility index (Phi) is 6.00. The zero-order valence-corrected chi connectivity index (χ0v) is 13.9. The van der Waals surface area contributed by atoms with Gasteiger partial charge in [-0.05, 0) is 36.7 Å². The van der Waals surface area contributed by atoms with Crippen molar-refractivity contribution >= 4 is 15.7 Å². The molecule has 0 radical (unpaired) electrons. The molecule has 0 aromatic heterocycles. The van der Waals surface area contributed by atoms with Crippen LogP contribution < -0.4 is 5.32 Å². The fourth-order valence-electron chi connectivity index (χ4n) is 2.90. The van der Waals surface area contributed by atoms with Crippen LogP contribution in [-0.4, -0.2) is 32.4 Å². The molecule has 1 fully saturated rings. The van der Waals surface area contributed by atoms with Crippen LogP contribution in [0.5, 0.6) is 0 Å². The van der Waals surface area contributed by atoms with Gasteiger partial charge in [0.1, 0.15) is 0 Å². The Bertz CT molecular complexity index is 583. The summed E-state index contributed by atoms with van der Waals surface area (Å²) in [6.45, 7) is 2.79. The van der Waals surface area contributed by atoms with E-state index < -0.39 is 9.84 Å². The van der Waals surface area contributed by atoms with E-state index in [1.807, 2.05) is 18.2 Å².